The zero-order valence-electron chi connectivity index (χ0n) is 16.7. The SMILES string of the molecule is CCNC(=NCC1CCS(=O)(=O)C1)N1CCN(C(C)=O)C2(CCCCC2)C1. The molecular formula is C19H34N4O3S. The van der Waals surface area contributed by atoms with Crippen molar-refractivity contribution in [2.75, 3.05) is 44.2 Å². The van der Waals surface area contributed by atoms with E-state index in [1.54, 1.807) is 6.92 Å². The number of aliphatic imine (C=N–C) groups is 1. The summed E-state index contributed by atoms with van der Waals surface area (Å²) in [5.41, 5.74) is -0.0742. The van der Waals surface area contributed by atoms with Crippen molar-refractivity contribution in [1.82, 2.24) is 15.1 Å². The number of hydrogen-bond donors (Lipinski definition) is 1. The van der Waals surface area contributed by atoms with Gasteiger partial charge in [-0.05, 0) is 32.1 Å². The van der Waals surface area contributed by atoms with E-state index in [0.29, 0.717) is 18.7 Å². The largest absolute Gasteiger partial charge is 0.357 e. The van der Waals surface area contributed by atoms with Crippen molar-refractivity contribution in [3.8, 4) is 0 Å². The van der Waals surface area contributed by atoms with Gasteiger partial charge in [0.15, 0.2) is 15.8 Å². The van der Waals surface area contributed by atoms with E-state index in [4.69, 9.17) is 4.99 Å². The van der Waals surface area contributed by atoms with Crippen LogP contribution in [0.3, 0.4) is 0 Å². The zero-order valence-corrected chi connectivity index (χ0v) is 17.6. The van der Waals surface area contributed by atoms with Crippen molar-refractivity contribution in [3.05, 3.63) is 0 Å². The number of nitrogens with zero attached hydrogens (tertiary/aromatic N) is 3. The molecule has 0 bridgehead atoms. The van der Waals surface area contributed by atoms with Crippen LogP contribution in [0.1, 0.15) is 52.4 Å². The quantitative estimate of drug-likeness (QED) is 0.572. The molecule has 2 heterocycles. The molecule has 1 amide bonds. The van der Waals surface area contributed by atoms with Gasteiger partial charge >= 0.3 is 0 Å². The van der Waals surface area contributed by atoms with Crippen LogP contribution in [-0.4, -0.2) is 79.9 Å². The third kappa shape index (κ3) is 4.76. The molecule has 3 fully saturated rings. The highest BCUT2D eigenvalue weighted by molar-refractivity contribution is 7.91. The van der Waals surface area contributed by atoms with Crippen molar-refractivity contribution in [2.45, 2.75) is 57.9 Å². The lowest BCUT2D eigenvalue weighted by Gasteiger charge is -2.53. The molecule has 0 aromatic rings. The van der Waals surface area contributed by atoms with E-state index in [1.807, 2.05) is 0 Å². The molecule has 3 rings (SSSR count). The Bertz CT molecular complexity index is 670. The van der Waals surface area contributed by atoms with Gasteiger partial charge in [0.05, 0.1) is 17.0 Å². The van der Waals surface area contributed by atoms with Crippen molar-refractivity contribution in [2.24, 2.45) is 10.9 Å². The van der Waals surface area contributed by atoms with Gasteiger partial charge in [-0.1, -0.05) is 19.3 Å². The van der Waals surface area contributed by atoms with Crippen LogP contribution in [0.4, 0.5) is 0 Å². The van der Waals surface area contributed by atoms with Crippen LogP contribution in [0.2, 0.25) is 0 Å². The second kappa shape index (κ2) is 8.37. The summed E-state index contributed by atoms with van der Waals surface area (Å²) in [5, 5.41) is 3.39. The van der Waals surface area contributed by atoms with Crippen molar-refractivity contribution in [1.29, 1.82) is 0 Å². The fourth-order valence-electron chi connectivity index (χ4n) is 4.95. The molecule has 1 atom stereocenters. The molecule has 0 aromatic heterocycles. The topological polar surface area (TPSA) is 82.1 Å². The molecular weight excluding hydrogens is 364 g/mol. The van der Waals surface area contributed by atoms with Gasteiger partial charge < -0.3 is 15.1 Å². The molecule has 0 radical (unpaired) electrons. The van der Waals surface area contributed by atoms with E-state index < -0.39 is 9.84 Å². The molecule has 2 aliphatic heterocycles. The molecule has 1 spiro atoms. The Morgan fingerprint density at radius 1 is 1.22 bits per heavy atom. The van der Waals surface area contributed by atoms with Crippen molar-refractivity contribution < 1.29 is 13.2 Å². The number of rotatable bonds is 3. The average Bonchev–Trinajstić information content (AvgIpc) is 2.98. The minimum atomic E-state index is -2.87. The number of guanidine groups is 1. The number of carbonyl (C=O) groups excluding carboxylic acids is 1. The van der Waals surface area contributed by atoms with Gasteiger partial charge in [0.2, 0.25) is 5.91 Å². The van der Waals surface area contributed by atoms with Crippen LogP contribution in [-0.2, 0) is 14.6 Å². The lowest BCUT2D eigenvalue weighted by Crippen LogP contribution is -2.66. The van der Waals surface area contributed by atoms with E-state index in [-0.39, 0.29) is 23.1 Å². The highest BCUT2D eigenvalue weighted by Crippen LogP contribution is 2.36. The molecule has 1 unspecified atom stereocenters. The fraction of sp³-hybridized carbons (Fsp3) is 0.895. The van der Waals surface area contributed by atoms with E-state index >= 15 is 0 Å². The second-order valence-corrected chi connectivity index (χ2v) is 10.6. The first-order valence-corrected chi connectivity index (χ1v) is 12.2. The summed E-state index contributed by atoms with van der Waals surface area (Å²) in [6.45, 7) is 7.40. The standard InChI is InChI=1S/C19H34N4O3S/c1-3-20-18(21-13-17-7-12-27(25,26)14-17)22-10-11-23(16(2)24)19(15-22)8-5-4-6-9-19/h17H,3-15H2,1-2H3,(H,20,21). The molecule has 0 aromatic carbocycles. The number of piperazine rings is 1. The van der Waals surface area contributed by atoms with E-state index in [9.17, 15) is 13.2 Å². The van der Waals surface area contributed by atoms with Crippen LogP contribution in [0.15, 0.2) is 4.99 Å². The molecule has 1 N–H and O–H groups in total. The monoisotopic (exact) mass is 398 g/mol. The maximum absolute atomic E-state index is 12.2. The first-order chi connectivity index (χ1) is 12.9. The molecule has 8 heteroatoms. The van der Waals surface area contributed by atoms with Gasteiger partial charge in [0, 0.05) is 39.6 Å². The van der Waals surface area contributed by atoms with Gasteiger partial charge in [0.1, 0.15) is 0 Å². The minimum Gasteiger partial charge on any atom is -0.357 e. The first kappa shape index (κ1) is 20.4. The lowest BCUT2D eigenvalue weighted by molar-refractivity contribution is -0.140. The number of carbonyl (C=O) groups is 1. The summed E-state index contributed by atoms with van der Waals surface area (Å²) in [6, 6.07) is 0. The smallest absolute Gasteiger partial charge is 0.220 e. The summed E-state index contributed by atoms with van der Waals surface area (Å²) in [7, 11) is -2.87. The van der Waals surface area contributed by atoms with Gasteiger partial charge in [-0.3, -0.25) is 9.79 Å². The van der Waals surface area contributed by atoms with E-state index in [1.165, 1.54) is 19.3 Å². The Morgan fingerprint density at radius 2 is 1.96 bits per heavy atom. The molecule has 154 valence electrons. The maximum Gasteiger partial charge on any atom is 0.220 e. The van der Waals surface area contributed by atoms with Crippen LogP contribution in [0.5, 0.6) is 0 Å². The summed E-state index contributed by atoms with van der Waals surface area (Å²) < 4.78 is 23.4. The number of nitrogens with one attached hydrogen (secondary N) is 1. The molecule has 27 heavy (non-hydrogen) atoms. The Kier molecular flexibility index (Phi) is 6.33. The van der Waals surface area contributed by atoms with E-state index in [0.717, 1.165) is 45.0 Å². The Morgan fingerprint density at radius 3 is 2.56 bits per heavy atom. The maximum atomic E-state index is 12.2. The van der Waals surface area contributed by atoms with Crippen molar-refractivity contribution in [3.63, 3.8) is 0 Å². The molecule has 1 aliphatic carbocycles. The number of hydrogen-bond acceptors (Lipinski definition) is 4. The van der Waals surface area contributed by atoms with Crippen LogP contribution >= 0.6 is 0 Å². The summed E-state index contributed by atoms with van der Waals surface area (Å²) in [6.07, 6.45) is 6.42. The molecule has 2 saturated heterocycles. The average molecular weight is 399 g/mol. The van der Waals surface area contributed by atoms with Gasteiger partial charge in [-0.2, -0.15) is 0 Å². The zero-order chi connectivity index (χ0) is 19.5. The van der Waals surface area contributed by atoms with Crippen LogP contribution < -0.4 is 5.32 Å². The molecule has 7 nitrogen and oxygen atoms in total. The summed E-state index contributed by atoms with van der Waals surface area (Å²) in [4.78, 5) is 21.4. The second-order valence-electron chi connectivity index (χ2n) is 8.34. The fourth-order valence-corrected chi connectivity index (χ4v) is 6.79. The predicted molar refractivity (Wildman–Crippen MR) is 108 cm³/mol. The van der Waals surface area contributed by atoms with Gasteiger partial charge in [-0.15, -0.1) is 0 Å². The van der Waals surface area contributed by atoms with Crippen LogP contribution in [0, 0.1) is 5.92 Å². The highest BCUT2D eigenvalue weighted by atomic mass is 32.2. The van der Waals surface area contributed by atoms with Gasteiger partial charge in [0.25, 0.3) is 0 Å². The highest BCUT2D eigenvalue weighted by Gasteiger charge is 2.44. The molecule has 1 saturated carbocycles. The Hall–Kier alpha value is -1.31. The van der Waals surface area contributed by atoms with E-state index in [2.05, 4.69) is 22.0 Å². The predicted octanol–water partition coefficient (Wildman–Crippen LogP) is 1.25. The van der Waals surface area contributed by atoms with Crippen LogP contribution in [0.25, 0.3) is 0 Å². The van der Waals surface area contributed by atoms with Gasteiger partial charge in [-0.25, -0.2) is 8.42 Å². The lowest BCUT2D eigenvalue weighted by atomic mass is 9.78. The number of sulfone groups is 1. The molecule has 3 aliphatic rings. The Labute approximate surface area is 163 Å². The third-order valence-corrected chi connectivity index (χ3v) is 8.11. The summed E-state index contributed by atoms with van der Waals surface area (Å²) >= 11 is 0. The van der Waals surface area contributed by atoms with Crippen molar-refractivity contribution >= 4 is 21.7 Å². The minimum absolute atomic E-state index is 0.0742. The number of amides is 1. The third-order valence-electron chi connectivity index (χ3n) is 6.28. The normalized spacial score (nSPS) is 27.8. The summed E-state index contributed by atoms with van der Waals surface area (Å²) in [5.74, 6) is 1.73. The Balaban J connectivity index is 1.73. The first-order valence-electron chi connectivity index (χ1n) is 10.4.